The largest absolute Gasteiger partial charge is 0.468 e. The topological polar surface area (TPSA) is 43.4 Å². The molecule has 0 bridgehead atoms. The van der Waals surface area contributed by atoms with Gasteiger partial charge in [-0.1, -0.05) is 39.0 Å². The van der Waals surface area contributed by atoms with Crippen LogP contribution in [0.1, 0.15) is 58.8 Å². The zero-order chi connectivity index (χ0) is 12.9. The smallest absolute Gasteiger partial charge is 0.319 e. The molecule has 0 spiro atoms. The molecule has 0 saturated heterocycles. The molecule has 17 heavy (non-hydrogen) atoms. The van der Waals surface area contributed by atoms with Crippen LogP contribution >= 0.6 is 0 Å². The first kappa shape index (κ1) is 14.2. The number of carbonyl (C=O) groups is 2. The Morgan fingerprint density at radius 3 is 2.41 bits per heavy atom. The highest BCUT2D eigenvalue weighted by atomic mass is 16.5. The van der Waals surface area contributed by atoms with Crippen molar-refractivity contribution in [1.82, 2.24) is 0 Å². The Balaban J connectivity index is 2.33. The zero-order valence-corrected chi connectivity index (χ0v) is 11.3. The summed E-state index contributed by atoms with van der Waals surface area (Å²) in [5, 5.41) is 0. The highest BCUT2D eigenvalue weighted by molar-refractivity contribution is 6.06. The van der Waals surface area contributed by atoms with E-state index in [0.717, 1.165) is 12.8 Å². The number of methoxy groups -OCH3 is 1. The molecular formula is C14H24O3. The predicted octanol–water partition coefficient (Wildman–Crippen LogP) is 3.12. The number of Topliss-reactive ketones (excluding diaryl/α,β-unsaturated/α-hetero) is 1. The molecule has 3 heteroatoms. The summed E-state index contributed by atoms with van der Waals surface area (Å²) in [4.78, 5) is 23.2. The summed E-state index contributed by atoms with van der Waals surface area (Å²) in [6.07, 6.45) is 7.79. The summed E-state index contributed by atoms with van der Waals surface area (Å²) in [6.45, 7) is 3.70. The van der Waals surface area contributed by atoms with Crippen molar-refractivity contribution in [2.24, 2.45) is 11.3 Å². The molecule has 0 heterocycles. The van der Waals surface area contributed by atoms with Crippen molar-refractivity contribution in [2.75, 3.05) is 7.11 Å². The summed E-state index contributed by atoms with van der Waals surface area (Å²) < 4.78 is 4.75. The van der Waals surface area contributed by atoms with Gasteiger partial charge >= 0.3 is 5.97 Å². The average molecular weight is 240 g/mol. The molecule has 0 aromatic heterocycles. The lowest BCUT2D eigenvalue weighted by atomic mass is 9.96. The number of hydrogen-bond acceptors (Lipinski definition) is 3. The fourth-order valence-corrected chi connectivity index (χ4v) is 2.68. The van der Waals surface area contributed by atoms with Gasteiger partial charge in [-0.2, -0.15) is 0 Å². The van der Waals surface area contributed by atoms with Crippen LogP contribution in [0.15, 0.2) is 0 Å². The van der Waals surface area contributed by atoms with Crippen LogP contribution in [0, 0.1) is 11.3 Å². The molecule has 2 atom stereocenters. The van der Waals surface area contributed by atoms with Crippen LogP contribution in [0.2, 0.25) is 0 Å². The lowest BCUT2D eigenvalue weighted by molar-refractivity contribution is -0.151. The van der Waals surface area contributed by atoms with Gasteiger partial charge in [0.2, 0.25) is 0 Å². The van der Waals surface area contributed by atoms with E-state index in [0.29, 0.717) is 6.42 Å². The van der Waals surface area contributed by atoms with E-state index in [1.54, 1.807) is 0 Å². The Bertz CT molecular complexity index is 285. The van der Waals surface area contributed by atoms with Crippen LogP contribution in [-0.4, -0.2) is 18.9 Å². The van der Waals surface area contributed by atoms with Gasteiger partial charge in [-0.3, -0.25) is 9.59 Å². The molecule has 98 valence electrons. The van der Waals surface area contributed by atoms with Gasteiger partial charge in [-0.25, -0.2) is 0 Å². The minimum Gasteiger partial charge on any atom is -0.468 e. The summed E-state index contributed by atoms with van der Waals surface area (Å²) >= 11 is 0. The molecule has 2 unspecified atom stereocenters. The quantitative estimate of drug-likeness (QED) is 0.372. The molecule has 0 aromatic carbocycles. The van der Waals surface area contributed by atoms with Crippen molar-refractivity contribution in [1.29, 1.82) is 0 Å². The van der Waals surface area contributed by atoms with Crippen LogP contribution in [0.25, 0.3) is 0 Å². The standard InChI is InChI=1S/C14H24O3/c1-4-5-6-7-8-9-12-10-14(12,11(2)15)13(16)17-3/h12H,4-10H2,1-3H3. The molecular weight excluding hydrogens is 216 g/mol. The molecule has 3 nitrogen and oxygen atoms in total. The normalized spacial score (nSPS) is 26.6. The average Bonchev–Trinajstić information content (AvgIpc) is 3.03. The Morgan fingerprint density at radius 2 is 1.88 bits per heavy atom. The fourth-order valence-electron chi connectivity index (χ4n) is 2.68. The summed E-state index contributed by atoms with van der Waals surface area (Å²) in [5.74, 6) is -0.124. The Morgan fingerprint density at radius 1 is 1.24 bits per heavy atom. The summed E-state index contributed by atoms with van der Waals surface area (Å²) in [6, 6.07) is 0. The van der Waals surface area contributed by atoms with E-state index in [4.69, 9.17) is 4.74 Å². The van der Waals surface area contributed by atoms with Crippen molar-refractivity contribution < 1.29 is 14.3 Å². The first-order valence-corrected chi connectivity index (χ1v) is 6.69. The lowest BCUT2D eigenvalue weighted by Gasteiger charge is -2.11. The molecule has 0 radical (unpaired) electrons. The van der Waals surface area contributed by atoms with E-state index >= 15 is 0 Å². The highest BCUT2D eigenvalue weighted by Gasteiger charge is 2.63. The van der Waals surface area contributed by atoms with Crippen LogP contribution in [0.3, 0.4) is 0 Å². The van der Waals surface area contributed by atoms with Gasteiger partial charge < -0.3 is 4.74 Å². The third-order valence-electron chi connectivity index (χ3n) is 3.94. The molecule has 1 aliphatic carbocycles. The molecule has 0 aromatic rings. The van der Waals surface area contributed by atoms with E-state index in [2.05, 4.69) is 6.92 Å². The second-order valence-corrected chi connectivity index (χ2v) is 5.12. The zero-order valence-electron chi connectivity index (χ0n) is 11.3. The molecule has 1 rings (SSSR count). The second kappa shape index (κ2) is 6.18. The van der Waals surface area contributed by atoms with Gasteiger partial charge in [0.15, 0.2) is 0 Å². The van der Waals surface area contributed by atoms with Crippen LogP contribution in [0.5, 0.6) is 0 Å². The molecule has 1 saturated carbocycles. The third kappa shape index (κ3) is 3.08. The van der Waals surface area contributed by atoms with Crippen LogP contribution < -0.4 is 0 Å². The monoisotopic (exact) mass is 240 g/mol. The molecule has 0 aliphatic heterocycles. The number of unbranched alkanes of at least 4 members (excludes halogenated alkanes) is 4. The number of esters is 1. The Kier molecular flexibility index (Phi) is 5.16. The second-order valence-electron chi connectivity index (χ2n) is 5.12. The van der Waals surface area contributed by atoms with E-state index in [1.807, 2.05) is 0 Å². The Labute approximate surface area is 104 Å². The van der Waals surface area contributed by atoms with Crippen molar-refractivity contribution >= 4 is 11.8 Å². The molecule has 0 N–H and O–H groups in total. The van der Waals surface area contributed by atoms with Gasteiger partial charge in [0.25, 0.3) is 0 Å². The van der Waals surface area contributed by atoms with E-state index in [9.17, 15) is 9.59 Å². The third-order valence-corrected chi connectivity index (χ3v) is 3.94. The molecule has 1 aliphatic rings. The fraction of sp³-hybridized carbons (Fsp3) is 0.857. The number of rotatable bonds is 8. The lowest BCUT2D eigenvalue weighted by Crippen LogP contribution is -2.27. The van der Waals surface area contributed by atoms with Crippen LogP contribution in [0.4, 0.5) is 0 Å². The van der Waals surface area contributed by atoms with Gasteiger partial charge in [0.05, 0.1) is 7.11 Å². The predicted molar refractivity (Wildman–Crippen MR) is 66.6 cm³/mol. The van der Waals surface area contributed by atoms with Crippen LogP contribution in [-0.2, 0) is 14.3 Å². The van der Waals surface area contributed by atoms with E-state index in [-0.39, 0.29) is 17.7 Å². The minimum absolute atomic E-state index is 0.0251. The maximum absolute atomic E-state index is 11.6. The van der Waals surface area contributed by atoms with Gasteiger partial charge in [0, 0.05) is 0 Å². The van der Waals surface area contributed by atoms with Gasteiger partial charge in [-0.15, -0.1) is 0 Å². The summed E-state index contributed by atoms with van der Waals surface area (Å²) in [5.41, 5.74) is -0.778. The SMILES string of the molecule is CCCCCCCC1CC1(C(C)=O)C(=O)OC. The van der Waals surface area contributed by atoms with Gasteiger partial charge in [-0.05, 0) is 25.7 Å². The minimum atomic E-state index is -0.778. The highest BCUT2D eigenvalue weighted by Crippen LogP contribution is 2.56. The van der Waals surface area contributed by atoms with Crippen molar-refractivity contribution in [3.05, 3.63) is 0 Å². The van der Waals surface area contributed by atoms with Crippen molar-refractivity contribution in [2.45, 2.75) is 58.8 Å². The number of carbonyl (C=O) groups excluding carboxylic acids is 2. The van der Waals surface area contributed by atoms with E-state index < -0.39 is 5.41 Å². The van der Waals surface area contributed by atoms with Gasteiger partial charge in [0.1, 0.15) is 11.2 Å². The maximum atomic E-state index is 11.6. The number of hydrogen-bond donors (Lipinski definition) is 0. The maximum Gasteiger partial charge on any atom is 0.319 e. The molecule has 0 amide bonds. The molecule has 1 fully saturated rings. The first-order valence-electron chi connectivity index (χ1n) is 6.69. The van der Waals surface area contributed by atoms with E-state index in [1.165, 1.54) is 39.7 Å². The Hall–Kier alpha value is -0.860. The van der Waals surface area contributed by atoms with Crippen molar-refractivity contribution in [3.8, 4) is 0 Å². The number of ketones is 1. The summed E-state index contributed by atoms with van der Waals surface area (Å²) in [7, 11) is 1.36. The first-order chi connectivity index (χ1) is 8.09. The number of ether oxygens (including phenoxy) is 1. The van der Waals surface area contributed by atoms with Crippen molar-refractivity contribution in [3.63, 3.8) is 0 Å².